The maximum Gasteiger partial charge on any atom is 0.374 e. The third kappa shape index (κ3) is 6.56. The van der Waals surface area contributed by atoms with E-state index < -0.39 is 11.8 Å². The topological polar surface area (TPSA) is 43.4 Å². The second-order valence-corrected chi connectivity index (χ2v) is 5.60. The third-order valence-corrected chi connectivity index (χ3v) is 3.52. The maximum absolute atomic E-state index is 11.4. The molecule has 0 saturated heterocycles. The van der Waals surface area contributed by atoms with Crippen molar-refractivity contribution in [2.75, 3.05) is 6.61 Å². The van der Waals surface area contributed by atoms with Gasteiger partial charge >= 0.3 is 5.97 Å². The summed E-state index contributed by atoms with van der Waals surface area (Å²) in [6, 6.07) is 8.73. The molecule has 0 N–H and O–H groups in total. The molecular weight excluding hydrogens is 264 g/mol. The van der Waals surface area contributed by atoms with Crippen molar-refractivity contribution in [3.63, 3.8) is 0 Å². The fraction of sp³-hybridized carbons (Fsp3) is 0.556. The van der Waals surface area contributed by atoms with Gasteiger partial charge in [0.05, 0.1) is 6.61 Å². The van der Waals surface area contributed by atoms with Crippen molar-refractivity contribution in [3.05, 3.63) is 35.4 Å². The van der Waals surface area contributed by atoms with Gasteiger partial charge in [0.15, 0.2) is 0 Å². The summed E-state index contributed by atoms with van der Waals surface area (Å²) in [6.07, 6.45) is 4.06. The molecule has 0 aromatic heterocycles. The molecule has 0 fully saturated rings. The molecule has 0 amide bonds. The average molecular weight is 290 g/mol. The number of benzene rings is 1. The second kappa shape index (κ2) is 9.32. The zero-order chi connectivity index (χ0) is 15.7. The summed E-state index contributed by atoms with van der Waals surface area (Å²) in [5.74, 6) is -0.534. The Morgan fingerprint density at radius 3 is 2.29 bits per heavy atom. The molecule has 1 aromatic rings. The van der Waals surface area contributed by atoms with Gasteiger partial charge in [-0.2, -0.15) is 0 Å². The minimum atomic E-state index is -0.693. The molecule has 1 rings (SSSR count). The standard InChI is InChI=1S/C18H26O3/c1-4-21-18(20)17(19)9-7-5-6-8-15-10-12-16(13-11-15)14(2)3/h10-14H,4-9H2,1-3H3. The summed E-state index contributed by atoms with van der Waals surface area (Å²) in [5.41, 5.74) is 2.69. The predicted molar refractivity (Wildman–Crippen MR) is 84.3 cm³/mol. The van der Waals surface area contributed by atoms with Gasteiger partial charge in [-0.25, -0.2) is 4.79 Å². The Hall–Kier alpha value is -1.64. The minimum Gasteiger partial charge on any atom is -0.460 e. The van der Waals surface area contributed by atoms with Gasteiger partial charge in [-0.3, -0.25) is 4.79 Å². The summed E-state index contributed by atoms with van der Waals surface area (Å²) in [4.78, 5) is 22.5. The lowest BCUT2D eigenvalue weighted by molar-refractivity contribution is -0.153. The second-order valence-electron chi connectivity index (χ2n) is 5.60. The number of hydrogen-bond acceptors (Lipinski definition) is 3. The van der Waals surface area contributed by atoms with E-state index in [1.165, 1.54) is 11.1 Å². The molecule has 21 heavy (non-hydrogen) atoms. The van der Waals surface area contributed by atoms with Crippen molar-refractivity contribution in [1.29, 1.82) is 0 Å². The van der Waals surface area contributed by atoms with E-state index in [9.17, 15) is 9.59 Å². The highest BCUT2D eigenvalue weighted by molar-refractivity contribution is 6.33. The van der Waals surface area contributed by atoms with Crippen LogP contribution in [0.1, 0.15) is 63.5 Å². The summed E-state index contributed by atoms with van der Waals surface area (Å²) in [7, 11) is 0. The van der Waals surface area contributed by atoms with Crippen LogP contribution in [0.5, 0.6) is 0 Å². The van der Waals surface area contributed by atoms with E-state index in [-0.39, 0.29) is 6.61 Å². The Morgan fingerprint density at radius 1 is 1.05 bits per heavy atom. The molecule has 0 aliphatic carbocycles. The fourth-order valence-corrected chi connectivity index (χ4v) is 2.17. The quantitative estimate of drug-likeness (QED) is 0.391. The first-order chi connectivity index (χ1) is 10.0. The molecule has 0 heterocycles. The number of Topliss-reactive ketones (excluding diaryl/α,β-unsaturated/α-hetero) is 1. The molecular formula is C18H26O3. The van der Waals surface area contributed by atoms with Crippen molar-refractivity contribution in [1.82, 2.24) is 0 Å². The summed E-state index contributed by atoms with van der Waals surface area (Å²) in [6.45, 7) is 6.35. The Labute approximate surface area is 127 Å². The van der Waals surface area contributed by atoms with Crippen LogP contribution in [0.15, 0.2) is 24.3 Å². The number of rotatable bonds is 9. The molecule has 0 saturated carbocycles. The van der Waals surface area contributed by atoms with Crippen LogP contribution in [0.25, 0.3) is 0 Å². The molecule has 0 radical (unpaired) electrons. The number of aryl methyl sites for hydroxylation is 1. The lowest BCUT2D eigenvalue weighted by atomic mass is 9.99. The van der Waals surface area contributed by atoms with Crippen LogP contribution >= 0.6 is 0 Å². The molecule has 0 atom stereocenters. The number of hydrogen-bond donors (Lipinski definition) is 0. The van der Waals surface area contributed by atoms with Crippen LogP contribution < -0.4 is 0 Å². The van der Waals surface area contributed by atoms with Crippen molar-refractivity contribution in [2.45, 2.75) is 58.8 Å². The molecule has 0 unspecified atom stereocenters. The van der Waals surface area contributed by atoms with Crippen molar-refractivity contribution in [2.24, 2.45) is 0 Å². The molecule has 0 bridgehead atoms. The summed E-state index contributed by atoms with van der Waals surface area (Å²) < 4.78 is 4.67. The third-order valence-electron chi connectivity index (χ3n) is 3.52. The molecule has 0 aliphatic rings. The smallest absolute Gasteiger partial charge is 0.374 e. The molecule has 0 spiro atoms. The van der Waals surface area contributed by atoms with Gasteiger partial charge in [0.2, 0.25) is 5.78 Å². The van der Waals surface area contributed by atoms with Gasteiger partial charge in [0, 0.05) is 6.42 Å². The fourth-order valence-electron chi connectivity index (χ4n) is 2.17. The van der Waals surface area contributed by atoms with Crippen LogP contribution in [0, 0.1) is 0 Å². The molecule has 3 heteroatoms. The van der Waals surface area contributed by atoms with Crippen molar-refractivity contribution >= 4 is 11.8 Å². The molecule has 3 nitrogen and oxygen atoms in total. The predicted octanol–water partition coefficient (Wildman–Crippen LogP) is 4.05. The number of carbonyl (C=O) groups excluding carboxylic acids is 2. The van der Waals surface area contributed by atoms with Crippen LogP contribution in [0.3, 0.4) is 0 Å². The Balaban J connectivity index is 2.19. The highest BCUT2D eigenvalue weighted by Crippen LogP contribution is 2.16. The van der Waals surface area contributed by atoms with Crippen molar-refractivity contribution < 1.29 is 14.3 Å². The van der Waals surface area contributed by atoms with Gasteiger partial charge in [0.1, 0.15) is 0 Å². The van der Waals surface area contributed by atoms with Gasteiger partial charge in [-0.1, -0.05) is 44.5 Å². The minimum absolute atomic E-state index is 0.261. The monoisotopic (exact) mass is 290 g/mol. The Bertz CT molecular complexity index is 446. The Morgan fingerprint density at radius 2 is 1.71 bits per heavy atom. The van der Waals surface area contributed by atoms with E-state index in [0.717, 1.165) is 25.7 Å². The van der Waals surface area contributed by atoms with E-state index in [1.54, 1.807) is 6.92 Å². The van der Waals surface area contributed by atoms with E-state index in [2.05, 4.69) is 42.8 Å². The zero-order valence-corrected chi connectivity index (χ0v) is 13.4. The van der Waals surface area contributed by atoms with E-state index in [0.29, 0.717) is 12.3 Å². The summed E-state index contributed by atoms with van der Waals surface area (Å²) >= 11 is 0. The van der Waals surface area contributed by atoms with E-state index >= 15 is 0 Å². The van der Waals surface area contributed by atoms with Gasteiger partial charge in [0.25, 0.3) is 0 Å². The normalized spacial score (nSPS) is 10.7. The van der Waals surface area contributed by atoms with Crippen LogP contribution in [0.2, 0.25) is 0 Å². The Kier molecular flexibility index (Phi) is 7.73. The largest absolute Gasteiger partial charge is 0.460 e. The SMILES string of the molecule is CCOC(=O)C(=O)CCCCCc1ccc(C(C)C)cc1. The lowest BCUT2D eigenvalue weighted by Gasteiger charge is -2.07. The zero-order valence-electron chi connectivity index (χ0n) is 13.4. The highest BCUT2D eigenvalue weighted by atomic mass is 16.5. The first-order valence-corrected chi connectivity index (χ1v) is 7.83. The van der Waals surface area contributed by atoms with Crippen molar-refractivity contribution in [3.8, 4) is 0 Å². The number of carbonyl (C=O) groups is 2. The first kappa shape index (κ1) is 17.4. The van der Waals surface area contributed by atoms with E-state index in [1.807, 2.05) is 0 Å². The van der Waals surface area contributed by atoms with Gasteiger partial charge < -0.3 is 4.74 Å². The van der Waals surface area contributed by atoms with Gasteiger partial charge in [-0.05, 0) is 43.2 Å². The first-order valence-electron chi connectivity index (χ1n) is 7.83. The number of ketones is 1. The number of ether oxygens (including phenoxy) is 1. The molecule has 0 aliphatic heterocycles. The van der Waals surface area contributed by atoms with Crippen LogP contribution in [-0.2, 0) is 20.7 Å². The lowest BCUT2D eigenvalue weighted by Crippen LogP contribution is -2.16. The molecule has 116 valence electrons. The number of unbranched alkanes of at least 4 members (excludes halogenated alkanes) is 2. The summed E-state index contributed by atoms with van der Waals surface area (Å²) in [5, 5.41) is 0. The van der Waals surface area contributed by atoms with Gasteiger partial charge in [-0.15, -0.1) is 0 Å². The maximum atomic E-state index is 11.4. The average Bonchev–Trinajstić information content (AvgIpc) is 2.47. The van der Waals surface area contributed by atoms with Crippen LogP contribution in [-0.4, -0.2) is 18.4 Å². The van der Waals surface area contributed by atoms with Crippen LogP contribution in [0.4, 0.5) is 0 Å². The molecule has 1 aromatic carbocycles. The van der Waals surface area contributed by atoms with E-state index in [4.69, 9.17) is 0 Å². The number of esters is 1. The highest BCUT2D eigenvalue weighted by Gasteiger charge is 2.13.